The smallest absolute Gasteiger partial charge is 0.243 e. The van der Waals surface area contributed by atoms with Crippen molar-refractivity contribution >= 4 is 27.5 Å². The second-order valence-corrected chi connectivity index (χ2v) is 10.0. The zero-order chi connectivity index (χ0) is 22.5. The molecule has 7 nitrogen and oxygen atoms in total. The third-order valence-corrected chi connectivity index (χ3v) is 6.59. The SMILES string of the molecule is CC(=O)Nc1ccc(S(=O)(=O)N(C)CC(=O)NCC(C)(C)c2cccc(C)c2)cc1. The number of aryl methyl sites for hydroxylation is 1. The molecule has 0 atom stereocenters. The lowest BCUT2D eigenvalue weighted by Gasteiger charge is -2.26. The second-order valence-electron chi connectivity index (χ2n) is 8.00. The van der Waals surface area contributed by atoms with Gasteiger partial charge in [-0.1, -0.05) is 43.7 Å². The van der Waals surface area contributed by atoms with E-state index in [4.69, 9.17) is 0 Å². The van der Waals surface area contributed by atoms with E-state index in [0.29, 0.717) is 12.2 Å². The van der Waals surface area contributed by atoms with Crippen LogP contribution in [0.15, 0.2) is 53.4 Å². The van der Waals surface area contributed by atoms with Gasteiger partial charge in [0, 0.05) is 31.6 Å². The zero-order valence-corrected chi connectivity index (χ0v) is 18.8. The van der Waals surface area contributed by atoms with Crippen molar-refractivity contribution in [2.45, 2.75) is 38.0 Å². The lowest BCUT2D eigenvalue weighted by molar-refractivity contribution is -0.121. The Bertz CT molecular complexity index is 1010. The molecule has 0 aliphatic rings. The van der Waals surface area contributed by atoms with Crippen LogP contribution >= 0.6 is 0 Å². The van der Waals surface area contributed by atoms with E-state index in [0.717, 1.165) is 15.4 Å². The molecule has 162 valence electrons. The summed E-state index contributed by atoms with van der Waals surface area (Å²) in [6, 6.07) is 13.9. The summed E-state index contributed by atoms with van der Waals surface area (Å²) < 4.78 is 26.4. The fourth-order valence-corrected chi connectivity index (χ4v) is 4.05. The lowest BCUT2D eigenvalue weighted by Crippen LogP contribution is -2.42. The summed E-state index contributed by atoms with van der Waals surface area (Å²) in [5.74, 6) is -0.621. The van der Waals surface area contributed by atoms with Crippen molar-refractivity contribution in [2.24, 2.45) is 0 Å². The minimum absolute atomic E-state index is 0.0481. The second kappa shape index (κ2) is 9.40. The molecule has 0 fully saturated rings. The van der Waals surface area contributed by atoms with Crippen LogP contribution in [0.1, 0.15) is 31.9 Å². The summed E-state index contributed by atoms with van der Waals surface area (Å²) in [6.07, 6.45) is 0. The number of rotatable bonds is 8. The van der Waals surface area contributed by atoms with Gasteiger partial charge in [0.25, 0.3) is 0 Å². The molecule has 2 rings (SSSR count). The summed E-state index contributed by atoms with van der Waals surface area (Å²) in [6.45, 7) is 7.53. The molecular formula is C22H29N3O4S. The highest BCUT2D eigenvalue weighted by Crippen LogP contribution is 2.23. The van der Waals surface area contributed by atoms with Crippen molar-refractivity contribution in [1.29, 1.82) is 0 Å². The molecule has 0 heterocycles. The monoisotopic (exact) mass is 431 g/mol. The average Bonchev–Trinajstić information content (AvgIpc) is 2.66. The van der Waals surface area contributed by atoms with E-state index in [2.05, 4.69) is 16.7 Å². The maximum atomic E-state index is 12.7. The van der Waals surface area contributed by atoms with E-state index in [1.54, 1.807) is 0 Å². The average molecular weight is 432 g/mol. The Morgan fingerprint density at radius 2 is 1.70 bits per heavy atom. The predicted octanol–water partition coefficient (Wildman–Crippen LogP) is 2.67. The molecule has 30 heavy (non-hydrogen) atoms. The third-order valence-electron chi connectivity index (χ3n) is 4.78. The highest BCUT2D eigenvalue weighted by Gasteiger charge is 2.25. The van der Waals surface area contributed by atoms with E-state index in [-0.39, 0.29) is 28.7 Å². The molecule has 8 heteroatoms. The van der Waals surface area contributed by atoms with Gasteiger partial charge < -0.3 is 10.6 Å². The molecule has 0 saturated heterocycles. The van der Waals surface area contributed by atoms with Gasteiger partial charge in [0.1, 0.15) is 0 Å². The number of anilines is 1. The topological polar surface area (TPSA) is 95.6 Å². The summed E-state index contributed by atoms with van der Waals surface area (Å²) in [5.41, 5.74) is 2.45. The van der Waals surface area contributed by atoms with Gasteiger partial charge in [-0.05, 0) is 36.8 Å². The van der Waals surface area contributed by atoms with Crippen molar-refractivity contribution in [3.05, 3.63) is 59.7 Å². The van der Waals surface area contributed by atoms with E-state index < -0.39 is 10.0 Å². The highest BCUT2D eigenvalue weighted by atomic mass is 32.2. The largest absolute Gasteiger partial charge is 0.354 e. The minimum Gasteiger partial charge on any atom is -0.354 e. The van der Waals surface area contributed by atoms with Crippen molar-refractivity contribution in [2.75, 3.05) is 25.5 Å². The summed E-state index contributed by atoms with van der Waals surface area (Å²) in [7, 11) is -2.47. The van der Waals surface area contributed by atoms with Gasteiger partial charge in [0.05, 0.1) is 11.4 Å². The number of carbonyl (C=O) groups is 2. The first-order valence-corrected chi connectivity index (χ1v) is 11.0. The third kappa shape index (κ3) is 6.14. The fraction of sp³-hybridized carbons (Fsp3) is 0.364. The van der Waals surface area contributed by atoms with Crippen LogP contribution in [0.5, 0.6) is 0 Å². The fourth-order valence-electron chi connectivity index (χ4n) is 2.92. The van der Waals surface area contributed by atoms with Gasteiger partial charge in [-0.3, -0.25) is 9.59 Å². The Morgan fingerprint density at radius 1 is 1.07 bits per heavy atom. The molecule has 0 bridgehead atoms. The van der Waals surface area contributed by atoms with Gasteiger partial charge in [-0.2, -0.15) is 4.31 Å². The van der Waals surface area contributed by atoms with Crippen molar-refractivity contribution in [3.8, 4) is 0 Å². The number of nitrogens with zero attached hydrogens (tertiary/aromatic N) is 1. The van der Waals surface area contributed by atoms with Gasteiger partial charge in [0.2, 0.25) is 21.8 Å². The molecule has 0 unspecified atom stereocenters. The van der Waals surface area contributed by atoms with Crippen molar-refractivity contribution < 1.29 is 18.0 Å². The summed E-state index contributed by atoms with van der Waals surface area (Å²) >= 11 is 0. The normalized spacial score (nSPS) is 11.9. The van der Waals surface area contributed by atoms with Gasteiger partial charge >= 0.3 is 0 Å². The number of hydrogen-bond donors (Lipinski definition) is 2. The highest BCUT2D eigenvalue weighted by molar-refractivity contribution is 7.89. The van der Waals surface area contributed by atoms with Crippen LogP contribution < -0.4 is 10.6 Å². The molecular weight excluding hydrogens is 402 g/mol. The quantitative estimate of drug-likeness (QED) is 0.672. The summed E-state index contributed by atoms with van der Waals surface area (Å²) in [4.78, 5) is 23.5. The predicted molar refractivity (Wildman–Crippen MR) is 118 cm³/mol. The number of carbonyl (C=O) groups excluding carboxylic acids is 2. The van der Waals surface area contributed by atoms with Crippen molar-refractivity contribution in [1.82, 2.24) is 9.62 Å². The van der Waals surface area contributed by atoms with Crippen LogP contribution in [0.4, 0.5) is 5.69 Å². The first-order chi connectivity index (χ1) is 13.9. The van der Waals surface area contributed by atoms with Gasteiger partial charge in [0.15, 0.2) is 0 Å². The number of hydrogen-bond acceptors (Lipinski definition) is 4. The molecule has 2 aromatic rings. The molecule has 2 amide bonds. The lowest BCUT2D eigenvalue weighted by atomic mass is 9.84. The van der Waals surface area contributed by atoms with Crippen LogP contribution in [-0.4, -0.2) is 44.7 Å². The number of sulfonamides is 1. The van der Waals surface area contributed by atoms with Gasteiger partial charge in [-0.15, -0.1) is 0 Å². The Hall–Kier alpha value is -2.71. The van der Waals surface area contributed by atoms with E-state index in [1.165, 1.54) is 38.2 Å². The number of nitrogens with one attached hydrogen (secondary N) is 2. The molecule has 2 aromatic carbocycles. The Labute approximate surface area is 178 Å². The Kier molecular flexibility index (Phi) is 7.39. The molecule has 0 radical (unpaired) electrons. The first kappa shape index (κ1) is 23.6. The molecule has 0 aliphatic heterocycles. The maximum absolute atomic E-state index is 12.7. The zero-order valence-electron chi connectivity index (χ0n) is 18.0. The van der Waals surface area contributed by atoms with Crippen LogP contribution in [0, 0.1) is 6.92 Å². The van der Waals surface area contributed by atoms with Crippen LogP contribution in [0.25, 0.3) is 0 Å². The molecule has 2 N–H and O–H groups in total. The van der Waals surface area contributed by atoms with Crippen LogP contribution in [-0.2, 0) is 25.0 Å². The molecule has 0 aliphatic carbocycles. The van der Waals surface area contributed by atoms with Crippen LogP contribution in [0.3, 0.4) is 0 Å². The van der Waals surface area contributed by atoms with E-state index in [1.807, 2.05) is 39.0 Å². The maximum Gasteiger partial charge on any atom is 0.243 e. The minimum atomic E-state index is -3.83. The first-order valence-electron chi connectivity index (χ1n) is 9.60. The molecule has 0 spiro atoms. The standard InChI is InChI=1S/C22H29N3O4S/c1-16-7-6-8-18(13-16)22(3,4)15-23-21(27)14-25(5)30(28,29)20-11-9-19(10-12-20)24-17(2)26/h6-13H,14-15H2,1-5H3,(H,23,27)(H,24,26). The Balaban J connectivity index is 1.99. The van der Waals surface area contributed by atoms with E-state index >= 15 is 0 Å². The summed E-state index contributed by atoms with van der Waals surface area (Å²) in [5, 5.41) is 5.41. The molecule has 0 aromatic heterocycles. The van der Waals surface area contributed by atoms with E-state index in [9.17, 15) is 18.0 Å². The van der Waals surface area contributed by atoms with Crippen molar-refractivity contribution in [3.63, 3.8) is 0 Å². The van der Waals surface area contributed by atoms with Gasteiger partial charge in [-0.25, -0.2) is 8.42 Å². The number of benzene rings is 2. The van der Waals surface area contributed by atoms with Crippen LogP contribution in [0.2, 0.25) is 0 Å². The Morgan fingerprint density at radius 3 is 2.27 bits per heavy atom. The number of likely N-dealkylation sites (N-methyl/N-ethyl adjacent to an activating group) is 1. The molecule has 0 saturated carbocycles. The number of amides is 2.